The van der Waals surface area contributed by atoms with Crippen molar-refractivity contribution < 1.29 is 44.1 Å². The van der Waals surface area contributed by atoms with E-state index in [1.54, 1.807) is 13.8 Å². The molecule has 0 bridgehead atoms. The third-order valence-electron chi connectivity index (χ3n) is 5.40. The summed E-state index contributed by atoms with van der Waals surface area (Å²) in [5, 5.41) is 34.4. The van der Waals surface area contributed by atoms with Crippen LogP contribution in [0.15, 0.2) is 12.5 Å². The molecule has 9 N–H and O–H groups in total. The number of carboxylic acid groups (broad SMARTS) is 3. The zero-order chi connectivity index (χ0) is 27.4. The summed E-state index contributed by atoms with van der Waals surface area (Å²) in [5.74, 6) is -7.06. The lowest BCUT2D eigenvalue weighted by Gasteiger charge is -2.27. The SMILES string of the molecule is CCC(C)C(NC(=O)C(N)CC(=O)O)C(=O)NC(CCC(=O)O)C(=O)NC(Cc1cnc[nH]1)C(=O)O. The third-order valence-corrected chi connectivity index (χ3v) is 5.40. The van der Waals surface area contributed by atoms with Crippen LogP contribution < -0.4 is 21.7 Å². The molecule has 1 heterocycles. The van der Waals surface area contributed by atoms with Gasteiger partial charge in [0, 0.05) is 24.7 Å². The smallest absolute Gasteiger partial charge is 0.326 e. The van der Waals surface area contributed by atoms with Crippen LogP contribution >= 0.6 is 0 Å². The highest BCUT2D eigenvalue weighted by atomic mass is 16.4. The number of nitrogens with zero attached hydrogens (tertiary/aromatic N) is 1. The average Bonchev–Trinajstić information content (AvgIpc) is 3.31. The predicted molar refractivity (Wildman–Crippen MR) is 122 cm³/mol. The monoisotopic (exact) mass is 512 g/mol. The van der Waals surface area contributed by atoms with Crippen LogP contribution in [-0.2, 0) is 35.2 Å². The first-order valence-corrected chi connectivity index (χ1v) is 11.2. The summed E-state index contributed by atoms with van der Waals surface area (Å²) in [5.41, 5.74) is 5.98. The highest BCUT2D eigenvalue weighted by molar-refractivity contribution is 5.95. The lowest BCUT2D eigenvalue weighted by Crippen LogP contribution is -2.59. The number of rotatable bonds is 16. The van der Waals surface area contributed by atoms with Gasteiger partial charge in [-0.05, 0) is 12.3 Å². The summed E-state index contributed by atoms with van der Waals surface area (Å²) in [6, 6.07) is -5.48. The van der Waals surface area contributed by atoms with Gasteiger partial charge in [0.1, 0.15) is 18.1 Å². The maximum Gasteiger partial charge on any atom is 0.326 e. The quantitative estimate of drug-likeness (QED) is 0.123. The second-order valence-electron chi connectivity index (χ2n) is 8.25. The third kappa shape index (κ3) is 10.1. The minimum Gasteiger partial charge on any atom is -0.481 e. The van der Waals surface area contributed by atoms with E-state index < -0.39 is 78.6 Å². The van der Waals surface area contributed by atoms with E-state index in [9.17, 15) is 33.9 Å². The highest BCUT2D eigenvalue weighted by Gasteiger charge is 2.33. The van der Waals surface area contributed by atoms with E-state index in [-0.39, 0.29) is 12.8 Å². The van der Waals surface area contributed by atoms with Crippen molar-refractivity contribution in [3.63, 3.8) is 0 Å². The van der Waals surface area contributed by atoms with Gasteiger partial charge in [0.2, 0.25) is 17.7 Å². The minimum atomic E-state index is -1.44. The summed E-state index contributed by atoms with van der Waals surface area (Å²) >= 11 is 0. The number of aromatic amines is 1. The van der Waals surface area contributed by atoms with E-state index in [0.29, 0.717) is 12.1 Å². The van der Waals surface area contributed by atoms with E-state index in [2.05, 4.69) is 25.9 Å². The molecule has 0 aliphatic carbocycles. The van der Waals surface area contributed by atoms with Crippen LogP contribution in [0.4, 0.5) is 0 Å². The van der Waals surface area contributed by atoms with Gasteiger partial charge >= 0.3 is 17.9 Å². The van der Waals surface area contributed by atoms with Crippen molar-refractivity contribution in [2.75, 3.05) is 0 Å². The molecule has 1 rings (SSSR count). The second kappa shape index (κ2) is 14.4. The van der Waals surface area contributed by atoms with Crippen molar-refractivity contribution in [3.05, 3.63) is 18.2 Å². The van der Waals surface area contributed by atoms with Crippen LogP contribution in [0.3, 0.4) is 0 Å². The van der Waals surface area contributed by atoms with Gasteiger partial charge in [0.25, 0.3) is 0 Å². The zero-order valence-corrected chi connectivity index (χ0v) is 19.9. The molecule has 0 saturated heterocycles. The van der Waals surface area contributed by atoms with Gasteiger partial charge in [-0.3, -0.25) is 24.0 Å². The van der Waals surface area contributed by atoms with Crippen LogP contribution in [0.1, 0.15) is 45.2 Å². The predicted octanol–water partition coefficient (Wildman–Crippen LogP) is -1.80. The van der Waals surface area contributed by atoms with Gasteiger partial charge in [0.05, 0.1) is 18.8 Å². The average molecular weight is 513 g/mol. The Bertz CT molecular complexity index is 936. The molecule has 1 aromatic heterocycles. The molecular weight excluding hydrogens is 480 g/mol. The number of imidazole rings is 1. The van der Waals surface area contributed by atoms with Crippen molar-refractivity contribution in [2.24, 2.45) is 11.7 Å². The van der Waals surface area contributed by atoms with Crippen molar-refractivity contribution in [2.45, 2.75) is 70.1 Å². The van der Waals surface area contributed by atoms with Gasteiger partial charge in [0.15, 0.2) is 0 Å². The molecule has 36 heavy (non-hydrogen) atoms. The minimum absolute atomic E-state index is 0.145. The van der Waals surface area contributed by atoms with Crippen molar-refractivity contribution in [3.8, 4) is 0 Å². The molecule has 5 atom stereocenters. The van der Waals surface area contributed by atoms with E-state index in [1.807, 2.05) is 0 Å². The normalized spacial score (nSPS) is 15.0. The summed E-state index contributed by atoms with van der Waals surface area (Å²) in [7, 11) is 0. The van der Waals surface area contributed by atoms with Crippen molar-refractivity contribution >= 4 is 35.6 Å². The van der Waals surface area contributed by atoms with E-state index in [4.69, 9.17) is 15.9 Å². The Morgan fingerprint density at radius 2 is 1.61 bits per heavy atom. The number of aromatic nitrogens is 2. The summed E-state index contributed by atoms with van der Waals surface area (Å²) < 4.78 is 0. The lowest BCUT2D eigenvalue weighted by atomic mass is 9.97. The second-order valence-corrected chi connectivity index (χ2v) is 8.25. The zero-order valence-electron chi connectivity index (χ0n) is 19.9. The Morgan fingerprint density at radius 1 is 0.972 bits per heavy atom. The van der Waals surface area contributed by atoms with E-state index in [1.165, 1.54) is 12.5 Å². The van der Waals surface area contributed by atoms with Gasteiger partial charge in [-0.15, -0.1) is 0 Å². The van der Waals surface area contributed by atoms with E-state index >= 15 is 0 Å². The molecule has 1 aromatic rings. The van der Waals surface area contributed by atoms with Crippen LogP contribution in [0.2, 0.25) is 0 Å². The van der Waals surface area contributed by atoms with Gasteiger partial charge in [-0.2, -0.15) is 0 Å². The molecule has 0 fully saturated rings. The van der Waals surface area contributed by atoms with Gasteiger partial charge in [-0.1, -0.05) is 20.3 Å². The Labute approximate surface area is 206 Å². The number of nitrogens with two attached hydrogens (primary N) is 1. The molecule has 0 aromatic carbocycles. The summed E-state index contributed by atoms with van der Waals surface area (Å²) in [6.45, 7) is 3.36. The summed E-state index contributed by atoms with van der Waals surface area (Å²) in [6.07, 6.45) is 1.43. The lowest BCUT2D eigenvalue weighted by molar-refractivity contribution is -0.143. The molecule has 0 spiro atoms. The Kier molecular flexibility index (Phi) is 12.0. The molecule has 0 aliphatic rings. The molecule has 5 unspecified atom stereocenters. The van der Waals surface area contributed by atoms with Crippen LogP contribution in [-0.4, -0.2) is 85.1 Å². The van der Waals surface area contributed by atoms with Crippen LogP contribution in [0.25, 0.3) is 0 Å². The first-order valence-electron chi connectivity index (χ1n) is 11.2. The van der Waals surface area contributed by atoms with Gasteiger partial charge < -0.3 is 42.0 Å². The number of amides is 3. The van der Waals surface area contributed by atoms with Crippen molar-refractivity contribution in [1.29, 1.82) is 0 Å². The fraction of sp³-hybridized carbons (Fsp3) is 0.571. The number of H-pyrrole nitrogens is 1. The van der Waals surface area contributed by atoms with Crippen LogP contribution in [0, 0.1) is 5.92 Å². The number of carboxylic acids is 3. The maximum absolute atomic E-state index is 13.0. The number of nitrogens with one attached hydrogen (secondary N) is 4. The van der Waals surface area contributed by atoms with Crippen LogP contribution in [0.5, 0.6) is 0 Å². The largest absolute Gasteiger partial charge is 0.481 e. The molecule has 15 nitrogen and oxygen atoms in total. The van der Waals surface area contributed by atoms with Gasteiger partial charge in [-0.25, -0.2) is 9.78 Å². The number of aliphatic carboxylic acids is 3. The van der Waals surface area contributed by atoms with E-state index in [0.717, 1.165) is 0 Å². The Balaban J connectivity index is 3.04. The first kappa shape index (κ1) is 30.0. The summed E-state index contributed by atoms with van der Waals surface area (Å²) in [4.78, 5) is 78.2. The first-order chi connectivity index (χ1) is 16.8. The molecule has 3 amide bonds. The molecule has 0 radical (unpaired) electrons. The van der Waals surface area contributed by atoms with Crippen molar-refractivity contribution in [1.82, 2.24) is 25.9 Å². The fourth-order valence-electron chi connectivity index (χ4n) is 3.13. The number of carbonyl (C=O) groups is 6. The fourth-order valence-corrected chi connectivity index (χ4v) is 3.13. The molecular formula is C21H32N6O9. The number of hydrogen-bond donors (Lipinski definition) is 8. The molecule has 15 heteroatoms. The molecule has 0 aliphatic heterocycles. The Morgan fingerprint density at radius 3 is 2.11 bits per heavy atom. The molecule has 200 valence electrons. The maximum atomic E-state index is 13.0. The standard InChI is InChI=1S/C21H32N6O9/c1-3-10(2)17(27-18(32)12(22)7-16(30)31)20(34)25-13(4-5-15(28)29)19(33)26-14(21(35)36)6-11-8-23-9-24-11/h8-10,12-14,17H,3-7,22H2,1-2H3,(H,23,24)(H,25,34)(H,26,33)(H,27,32)(H,28,29)(H,30,31)(H,35,36). The number of hydrogen-bond acceptors (Lipinski definition) is 8. The topological polar surface area (TPSA) is 254 Å². The Hall–Kier alpha value is -4.01. The highest BCUT2D eigenvalue weighted by Crippen LogP contribution is 2.10. The number of carbonyl (C=O) groups excluding carboxylic acids is 3. The molecule has 0 saturated carbocycles.